The summed E-state index contributed by atoms with van der Waals surface area (Å²) in [6.07, 6.45) is 2.02. The van der Waals surface area contributed by atoms with Crippen molar-refractivity contribution in [2.24, 2.45) is 5.92 Å². The van der Waals surface area contributed by atoms with E-state index in [1.807, 2.05) is 18.7 Å². The number of hydrogen-bond donors (Lipinski definition) is 2. The number of anilines is 1. The van der Waals surface area contributed by atoms with Crippen molar-refractivity contribution < 1.29 is 14.8 Å². The van der Waals surface area contributed by atoms with Crippen LogP contribution in [0, 0.1) is 16.0 Å². The summed E-state index contributed by atoms with van der Waals surface area (Å²) in [5.41, 5.74) is 0.752. The van der Waals surface area contributed by atoms with Crippen molar-refractivity contribution in [2.45, 2.75) is 39.2 Å². The molecule has 0 aromatic heterocycles. The Balaban J connectivity index is 2.08. The van der Waals surface area contributed by atoms with Gasteiger partial charge in [0.25, 0.3) is 11.6 Å². The van der Waals surface area contributed by atoms with Gasteiger partial charge in [-0.05, 0) is 37.3 Å². The molecule has 0 aliphatic carbocycles. The van der Waals surface area contributed by atoms with Crippen LogP contribution in [0.4, 0.5) is 11.4 Å². The van der Waals surface area contributed by atoms with Gasteiger partial charge in [-0.25, -0.2) is 0 Å². The second-order valence-electron chi connectivity index (χ2n) is 6.65. The van der Waals surface area contributed by atoms with Gasteiger partial charge in [0.1, 0.15) is 5.69 Å². The number of nitrogens with zero attached hydrogens (tertiary/aromatic N) is 2. The van der Waals surface area contributed by atoms with Gasteiger partial charge in [0, 0.05) is 31.3 Å². The topological polar surface area (TPSA) is 95.7 Å². The molecule has 0 saturated carbocycles. The van der Waals surface area contributed by atoms with Crippen LogP contribution in [0.1, 0.15) is 43.5 Å². The predicted octanol–water partition coefficient (Wildman–Crippen LogP) is 2.33. The lowest BCUT2D eigenvalue weighted by molar-refractivity contribution is -0.384. The normalized spacial score (nSPS) is 15.6. The highest BCUT2D eigenvalue weighted by molar-refractivity contribution is 5.95. The fourth-order valence-electron chi connectivity index (χ4n) is 2.98. The van der Waals surface area contributed by atoms with Crippen molar-refractivity contribution in [3.8, 4) is 0 Å². The van der Waals surface area contributed by atoms with E-state index in [0.29, 0.717) is 18.0 Å². The summed E-state index contributed by atoms with van der Waals surface area (Å²) in [6, 6.07) is 4.56. The van der Waals surface area contributed by atoms with Gasteiger partial charge in [-0.2, -0.15) is 0 Å². The van der Waals surface area contributed by atoms with Gasteiger partial charge in [-0.3, -0.25) is 14.9 Å². The van der Waals surface area contributed by atoms with Crippen LogP contribution in [-0.2, 0) is 0 Å². The van der Waals surface area contributed by atoms with Gasteiger partial charge in [0.15, 0.2) is 0 Å². The molecule has 7 heteroatoms. The summed E-state index contributed by atoms with van der Waals surface area (Å²) in [5.74, 6) is -0.0772. The standard InChI is InChI=1S/C17H25N3O4/c1-12(2)9-14(21)11-18-17(22)13-5-6-15(16(10-13)20(23)24)19-7-3-4-8-19/h5-6,10,12,14,21H,3-4,7-9,11H2,1-2H3,(H,18,22). The van der Waals surface area contributed by atoms with E-state index in [9.17, 15) is 20.0 Å². The molecule has 1 aliphatic heterocycles. The summed E-state index contributed by atoms with van der Waals surface area (Å²) in [7, 11) is 0. The Kier molecular flexibility index (Phi) is 6.14. The number of aliphatic hydroxyl groups excluding tert-OH is 1. The average Bonchev–Trinajstić information content (AvgIpc) is 3.05. The van der Waals surface area contributed by atoms with E-state index in [1.165, 1.54) is 6.07 Å². The quantitative estimate of drug-likeness (QED) is 0.589. The fourth-order valence-corrected chi connectivity index (χ4v) is 2.98. The Hall–Kier alpha value is -2.15. The van der Waals surface area contributed by atoms with Crippen LogP contribution in [0.5, 0.6) is 0 Å². The molecular formula is C17H25N3O4. The SMILES string of the molecule is CC(C)CC(O)CNC(=O)c1ccc(N2CCCC2)c([N+](=O)[O-])c1. The predicted molar refractivity (Wildman–Crippen MR) is 92.3 cm³/mol. The number of carbonyl (C=O) groups excluding carboxylic acids is 1. The Labute approximate surface area is 141 Å². The van der Waals surface area contributed by atoms with Crippen LogP contribution < -0.4 is 10.2 Å². The molecule has 1 fully saturated rings. The van der Waals surface area contributed by atoms with Crippen LogP contribution in [0.25, 0.3) is 0 Å². The van der Waals surface area contributed by atoms with Crippen LogP contribution in [0.3, 0.4) is 0 Å². The summed E-state index contributed by atoms with van der Waals surface area (Å²) in [4.78, 5) is 25.1. The maximum atomic E-state index is 12.2. The molecule has 2 rings (SSSR count). The smallest absolute Gasteiger partial charge is 0.293 e. The maximum absolute atomic E-state index is 12.2. The number of nitrogens with one attached hydrogen (secondary N) is 1. The number of nitro benzene ring substituents is 1. The number of aliphatic hydroxyl groups is 1. The molecule has 0 spiro atoms. The molecule has 1 saturated heterocycles. The maximum Gasteiger partial charge on any atom is 0.293 e. The number of benzene rings is 1. The first-order valence-electron chi connectivity index (χ1n) is 8.38. The Morgan fingerprint density at radius 1 is 1.38 bits per heavy atom. The molecular weight excluding hydrogens is 310 g/mol. The third-order valence-corrected chi connectivity index (χ3v) is 4.12. The minimum Gasteiger partial charge on any atom is -0.391 e. The van der Waals surface area contributed by atoms with Gasteiger partial charge >= 0.3 is 0 Å². The second kappa shape index (κ2) is 8.10. The molecule has 1 amide bonds. The highest BCUT2D eigenvalue weighted by atomic mass is 16.6. The summed E-state index contributed by atoms with van der Waals surface area (Å²) < 4.78 is 0. The average molecular weight is 335 g/mol. The zero-order chi connectivity index (χ0) is 17.7. The zero-order valence-corrected chi connectivity index (χ0v) is 14.2. The first-order valence-corrected chi connectivity index (χ1v) is 8.38. The molecule has 24 heavy (non-hydrogen) atoms. The van der Waals surface area contributed by atoms with Crippen LogP contribution >= 0.6 is 0 Å². The molecule has 132 valence electrons. The molecule has 1 aromatic carbocycles. The molecule has 1 atom stereocenters. The number of nitro groups is 1. The number of carbonyl (C=O) groups is 1. The molecule has 0 bridgehead atoms. The fraction of sp³-hybridized carbons (Fsp3) is 0.588. The van der Waals surface area contributed by atoms with E-state index in [-0.39, 0.29) is 17.8 Å². The summed E-state index contributed by atoms with van der Waals surface area (Å²) >= 11 is 0. The van der Waals surface area contributed by atoms with Gasteiger partial charge in [-0.1, -0.05) is 13.8 Å². The van der Waals surface area contributed by atoms with E-state index >= 15 is 0 Å². The van der Waals surface area contributed by atoms with Gasteiger partial charge in [0.2, 0.25) is 0 Å². The zero-order valence-electron chi connectivity index (χ0n) is 14.2. The van der Waals surface area contributed by atoms with E-state index in [1.54, 1.807) is 12.1 Å². The number of amides is 1. The molecule has 1 unspecified atom stereocenters. The molecule has 2 N–H and O–H groups in total. The Bertz CT molecular complexity index is 597. The highest BCUT2D eigenvalue weighted by Gasteiger charge is 2.24. The van der Waals surface area contributed by atoms with Crippen molar-refractivity contribution in [1.82, 2.24) is 5.32 Å². The molecule has 7 nitrogen and oxygen atoms in total. The summed E-state index contributed by atoms with van der Waals surface area (Å²) in [6.45, 7) is 5.72. The number of rotatable bonds is 7. The van der Waals surface area contributed by atoms with Gasteiger partial charge < -0.3 is 15.3 Å². The largest absolute Gasteiger partial charge is 0.391 e. The van der Waals surface area contributed by atoms with E-state index in [0.717, 1.165) is 25.9 Å². The Morgan fingerprint density at radius 3 is 2.62 bits per heavy atom. The highest BCUT2D eigenvalue weighted by Crippen LogP contribution is 2.31. The molecule has 0 radical (unpaired) electrons. The van der Waals surface area contributed by atoms with Crippen molar-refractivity contribution >= 4 is 17.3 Å². The monoisotopic (exact) mass is 335 g/mol. The van der Waals surface area contributed by atoms with Crippen LogP contribution in [0.15, 0.2) is 18.2 Å². The van der Waals surface area contributed by atoms with E-state index in [4.69, 9.17) is 0 Å². The van der Waals surface area contributed by atoms with E-state index < -0.39 is 16.9 Å². The number of hydrogen-bond acceptors (Lipinski definition) is 5. The minimum absolute atomic E-state index is 0.0488. The summed E-state index contributed by atoms with van der Waals surface area (Å²) in [5, 5.41) is 23.8. The van der Waals surface area contributed by atoms with Crippen molar-refractivity contribution in [1.29, 1.82) is 0 Å². The second-order valence-corrected chi connectivity index (χ2v) is 6.65. The van der Waals surface area contributed by atoms with Crippen molar-refractivity contribution in [3.05, 3.63) is 33.9 Å². The minimum atomic E-state index is -0.618. The molecule has 1 heterocycles. The third kappa shape index (κ3) is 4.67. The van der Waals surface area contributed by atoms with Crippen molar-refractivity contribution in [2.75, 3.05) is 24.5 Å². The van der Waals surface area contributed by atoms with Gasteiger partial charge in [0.05, 0.1) is 11.0 Å². The lowest BCUT2D eigenvalue weighted by Gasteiger charge is -2.18. The van der Waals surface area contributed by atoms with Crippen LogP contribution in [0.2, 0.25) is 0 Å². The first-order chi connectivity index (χ1) is 11.4. The van der Waals surface area contributed by atoms with Crippen LogP contribution in [-0.4, -0.2) is 41.7 Å². The van der Waals surface area contributed by atoms with Gasteiger partial charge in [-0.15, -0.1) is 0 Å². The third-order valence-electron chi connectivity index (χ3n) is 4.12. The molecule has 1 aliphatic rings. The Morgan fingerprint density at radius 2 is 2.04 bits per heavy atom. The lowest BCUT2D eigenvalue weighted by Crippen LogP contribution is -2.32. The van der Waals surface area contributed by atoms with E-state index in [2.05, 4.69) is 5.32 Å². The first kappa shape index (κ1) is 18.2. The van der Waals surface area contributed by atoms with Crippen molar-refractivity contribution in [3.63, 3.8) is 0 Å². The lowest BCUT2D eigenvalue weighted by atomic mass is 10.1. The molecule has 1 aromatic rings.